The van der Waals surface area contributed by atoms with Gasteiger partial charge in [-0.25, -0.2) is 0 Å². The Labute approximate surface area is 127 Å². The monoisotopic (exact) mass is 338 g/mol. The number of nitrogens with zero attached hydrogens (tertiary/aromatic N) is 1. The van der Waals surface area contributed by atoms with E-state index in [1.807, 2.05) is 4.90 Å². The molecule has 1 heterocycles. The number of phenolic OH excluding ortho intramolecular Hbond substituents is 1. The van der Waals surface area contributed by atoms with Crippen LogP contribution in [0, 0.1) is 5.92 Å². The van der Waals surface area contributed by atoms with Gasteiger partial charge in [-0.05, 0) is 48.4 Å². The topological polar surface area (TPSA) is 66.6 Å². The number of carbonyl (C=O) groups excluding carboxylic acids is 1. The van der Waals surface area contributed by atoms with Gasteiger partial charge >= 0.3 is 0 Å². The van der Waals surface area contributed by atoms with Crippen LogP contribution in [0.4, 0.5) is 0 Å². The van der Waals surface area contributed by atoms with E-state index in [2.05, 4.69) is 15.9 Å². The number of amides is 1. The number of rotatable bonds is 3. The second-order valence-corrected chi connectivity index (χ2v) is 6.69. The lowest BCUT2D eigenvalue weighted by Gasteiger charge is -2.30. The van der Waals surface area contributed by atoms with E-state index >= 15 is 0 Å². The third-order valence-corrected chi connectivity index (χ3v) is 4.97. The fourth-order valence-corrected chi connectivity index (χ4v) is 3.45. The zero-order valence-corrected chi connectivity index (χ0v) is 12.9. The molecule has 4 nitrogen and oxygen atoms in total. The lowest BCUT2D eigenvalue weighted by atomic mass is 9.98. The number of halogens is 1. The predicted molar refractivity (Wildman–Crippen MR) is 80.2 cm³/mol. The van der Waals surface area contributed by atoms with Crippen molar-refractivity contribution in [3.05, 3.63) is 27.7 Å². The zero-order chi connectivity index (χ0) is 14.3. The van der Waals surface area contributed by atoms with Crippen LogP contribution in [0.25, 0.3) is 0 Å². The highest BCUT2D eigenvalue weighted by Gasteiger charge is 2.32. The first-order chi connectivity index (χ1) is 9.54. The molecule has 1 aliphatic carbocycles. The Morgan fingerprint density at radius 1 is 1.50 bits per heavy atom. The number of fused-ring (bicyclic) bond motifs is 1. The molecule has 1 aliphatic heterocycles. The predicted octanol–water partition coefficient (Wildman–Crippen LogP) is 2.17. The van der Waals surface area contributed by atoms with E-state index in [4.69, 9.17) is 5.73 Å². The van der Waals surface area contributed by atoms with Crippen LogP contribution in [0.1, 0.15) is 30.4 Å². The van der Waals surface area contributed by atoms with E-state index in [0.717, 1.165) is 22.0 Å². The van der Waals surface area contributed by atoms with Gasteiger partial charge in [0.1, 0.15) is 5.75 Å². The Morgan fingerprint density at radius 2 is 2.25 bits per heavy atom. The Hall–Kier alpha value is -1.07. The number of aromatic hydroxyl groups is 1. The standard InChI is InChI=1S/C15H19BrN2O2/c16-13-6-11(19)5-10-3-4-18(8-12(10)13)15(20)7-14(17)9-1-2-9/h5-6,9,14,19H,1-4,7-8,17H2. The molecule has 0 radical (unpaired) electrons. The summed E-state index contributed by atoms with van der Waals surface area (Å²) in [7, 11) is 0. The molecule has 1 unspecified atom stereocenters. The summed E-state index contributed by atoms with van der Waals surface area (Å²) < 4.78 is 0.872. The molecule has 2 aliphatic rings. The van der Waals surface area contributed by atoms with Gasteiger partial charge in [0.05, 0.1) is 0 Å². The van der Waals surface area contributed by atoms with Crippen molar-refractivity contribution in [3.8, 4) is 5.75 Å². The van der Waals surface area contributed by atoms with Crippen molar-refractivity contribution in [2.75, 3.05) is 6.54 Å². The maximum atomic E-state index is 12.3. The molecule has 3 rings (SSSR count). The summed E-state index contributed by atoms with van der Waals surface area (Å²) in [4.78, 5) is 14.2. The molecule has 0 aromatic heterocycles. The molecule has 20 heavy (non-hydrogen) atoms. The summed E-state index contributed by atoms with van der Waals surface area (Å²) in [5, 5.41) is 9.60. The highest BCUT2D eigenvalue weighted by Crippen LogP contribution is 2.34. The number of nitrogens with two attached hydrogens (primary N) is 1. The molecule has 1 aromatic rings. The molecule has 1 amide bonds. The molecular formula is C15H19BrN2O2. The van der Waals surface area contributed by atoms with Crippen LogP contribution in [-0.4, -0.2) is 28.5 Å². The molecule has 0 spiro atoms. The molecule has 1 saturated carbocycles. The van der Waals surface area contributed by atoms with Gasteiger partial charge in [0, 0.05) is 30.0 Å². The number of carbonyl (C=O) groups is 1. The Morgan fingerprint density at radius 3 is 2.95 bits per heavy atom. The second-order valence-electron chi connectivity index (χ2n) is 5.84. The van der Waals surface area contributed by atoms with E-state index in [9.17, 15) is 9.90 Å². The Bertz CT molecular complexity index is 543. The maximum Gasteiger partial charge on any atom is 0.224 e. The van der Waals surface area contributed by atoms with Crippen molar-refractivity contribution in [2.24, 2.45) is 11.7 Å². The first-order valence-corrected chi connectivity index (χ1v) is 7.87. The van der Waals surface area contributed by atoms with Gasteiger partial charge in [0.25, 0.3) is 0 Å². The summed E-state index contributed by atoms with van der Waals surface area (Å²) in [6, 6.07) is 3.49. The van der Waals surface area contributed by atoms with Crippen LogP contribution in [0.3, 0.4) is 0 Å². The maximum absolute atomic E-state index is 12.3. The molecule has 3 N–H and O–H groups in total. The lowest BCUT2D eigenvalue weighted by molar-refractivity contribution is -0.132. The summed E-state index contributed by atoms with van der Waals surface area (Å²) in [6.07, 6.45) is 3.58. The normalized spacial score (nSPS) is 19.6. The van der Waals surface area contributed by atoms with Crippen LogP contribution in [0.15, 0.2) is 16.6 Å². The van der Waals surface area contributed by atoms with Crippen molar-refractivity contribution in [3.63, 3.8) is 0 Å². The summed E-state index contributed by atoms with van der Waals surface area (Å²) >= 11 is 3.47. The van der Waals surface area contributed by atoms with E-state index in [-0.39, 0.29) is 17.7 Å². The first-order valence-electron chi connectivity index (χ1n) is 7.08. The molecular weight excluding hydrogens is 320 g/mol. The SMILES string of the molecule is NC(CC(=O)N1CCc2cc(O)cc(Br)c2C1)C1CC1. The highest BCUT2D eigenvalue weighted by atomic mass is 79.9. The largest absolute Gasteiger partial charge is 0.508 e. The van der Waals surface area contributed by atoms with Crippen molar-refractivity contribution in [1.82, 2.24) is 4.90 Å². The molecule has 0 saturated heterocycles. The number of hydrogen-bond donors (Lipinski definition) is 2. The average molecular weight is 339 g/mol. The van der Waals surface area contributed by atoms with E-state index in [1.54, 1.807) is 12.1 Å². The molecule has 1 atom stereocenters. The zero-order valence-electron chi connectivity index (χ0n) is 11.3. The third kappa shape index (κ3) is 2.83. The van der Waals surface area contributed by atoms with Gasteiger partial charge in [-0.15, -0.1) is 0 Å². The van der Waals surface area contributed by atoms with Crippen molar-refractivity contribution < 1.29 is 9.90 Å². The first kappa shape index (κ1) is 13.9. The minimum Gasteiger partial charge on any atom is -0.508 e. The van der Waals surface area contributed by atoms with Crippen molar-refractivity contribution in [1.29, 1.82) is 0 Å². The molecule has 1 aromatic carbocycles. The number of phenols is 1. The van der Waals surface area contributed by atoms with Gasteiger partial charge in [0.15, 0.2) is 0 Å². The van der Waals surface area contributed by atoms with E-state index in [1.165, 1.54) is 12.8 Å². The smallest absolute Gasteiger partial charge is 0.224 e. The average Bonchev–Trinajstić information content (AvgIpc) is 3.22. The number of benzene rings is 1. The summed E-state index contributed by atoms with van der Waals surface area (Å²) in [6.45, 7) is 1.31. The number of hydrogen-bond acceptors (Lipinski definition) is 3. The van der Waals surface area contributed by atoms with Gasteiger partial charge in [-0.3, -0.25) is 4.79 Å². The van der Waals surface area contributed by atoms with E-state index in [0.29, 0.717) is 25.4 Å². The summed E-state index contributed by atoms with van der Waals surface area (Å²) in [5.74, 6) is 0.973. The van der Waals surface area contributed by atoms with E-state index < -0.39 is 0 Å². The minimum atomic E-state index is 0.0205. The quantitative estimate of drug-likeness (QED) is 0.887. The van der Waals surface area contributed by atoms with Crippen LogP contribution < -0.4 is 5.73 Å². The second kappa shape index (κ2) is 5.37. The van der Waals surface area contributed by atoms with Gasteiger partial charge in [0.2, 0.25) is 5.91 Å². The van der Waals surface area contributed by atoms with Gasteiger partial charge in [-0.2, -0.15) is 0 Å². The van der Waals surface area contributed by atoms with Gasteiger partial charge < -0.3 is 15.7 Å². The molecule has 1 fully saturated rings. The van der Waals surface area contributed by atoms with Gasteiger partial charge in [-0.1, -0.05) is 15.9 Å². The van der Waals surface area contributed by atoms with Crippen LogP contribution >= 0.6 is 15.9 Å². The third-order valence-electron chi connectivity index (χ3n) is 4.26. The lowest BCUT2D eigenvalue weighted by Crippen LogP contribution is -2.39. The van der Waals surface area contributed by atoms with Crippen LogP contribution in [-0.2, 0) is 17.8 Å². The van der Waals surface area contributed by atoms with Crippen molar-refractivity contribution in [2.45, 2.75) is 38.3 Å². The minimum absolute atomic E-state index is 0.0205. The molecule has 108 valence electrons. The van der Waals surface area contributed by atoms with Crippen molar-refractivity contribution >= 4 is 21.8 Å². The fourth-order valence-electron chi connectivity index (χ4n) is 2.84. The Kier molecular flexibility index (Phi) is 3.73. The molecule has 0 bridgehead atoms. The van der Waals surface area contributed by atoms with Crippen LogP contribution in [0.5, 0.6) is 5.75 Å². The Balaban J connectivity index is 1.69. The highest BCUT2D eigenvalue weighted by molar-refractivity contribution is 9.10. The summed E-state index contributed by atoms with van der Waals surface area (Å²) in [5.41, 5.74) is 8.26. The molecule has 5 heteroatoms. The fraction of sp³-hybridized carbons (Fsp3) is 0.533. The van der Waals surface area contributed by atoms with Crippen LogP contribution in [0.2, 0.25) is 0 Å².